The van der Waals surface area contributed by atoms with Gasteiger partial charge in [0.25, 0.3) is 5.91 Å². The largest absolute Gasteiger partial charge is 0.387 e. The molecule has 0 bridgehead atoms. The minimum atomic E-state index is -0.630. The minimum absolute atomic E-state index is 0.110. The van der Waals surface area contributed by atoms with Gasteiger partial charge in [0.15, 0.2) is 0 Å². The molecule has 5 nitrogen and oxygen atoms in total. The molecule has 0 spiro atoms. The van der Waals surface area contributed by atoms with Gasteiger partial charge in [-0.2, -0.15) is 0 Å². The van der Waals surface area contributed by atoms with E-state index in [1.807, 2.05) is 24.3 Å². The molecule has 0 aliphatic carbocycles. The Kier molecular flexibility index (Phi) is 3.04. The van der Waals surface area contributed by atoms with E-state index < -0.39 is 6.10 Å². The highest BCUT2D eigenvalue weighted by Crippen LogP contribution is 2.27. The molecule has 1 aromatic heterocycles. The van der Waals surface area contributed by atoms with Gasteiger partial charge in [-0.15, -0.1) is 5.10 Å². The lowest BCUT2D eigenvalue weighted by molar-refractivity contribution is 0.0553. The van der Waals surface area contributed by atoms with Gasteiger partial charge in [-0.3, -0.25) is 4.79 Å². The van der Waals surface area contributed by atoms with Crippen molar-refractivity contribution in [2.24, 2.45) is 0 Å². The van der Waals surface area contributed by atoms with Gasteiger partial charge in [-0.1, -0.05) is 28.8 Å². The summed E-state index contributed by atoms with van der Waals surface area (Å²) >= 11 is 1.10. The number of carbonyl (C=O) groups is 1. The average Bonchev–Trinajstić information content (AvgIpc) is 2.84. The molecule has 98 valence electrons. The summed E-state index contributed by atoms with van der Waals surface area (Å²) in [5.74, 6) is -0.110. The summed E-state index contributed by atoms with van der Waals surface area (Å²) in [6, 6.07) is 7.66. The lowest BCUT2D eigenvalue weighted by Crippen LogP contribution is -2.38. The maximum Gasteiger partial charge on any atom is 0.267 e. The predicted octanol–water partition coefficient (Wildman–Crippen LogP) is 1.54. The van der Waals surface area contributed by atoms with E-state index in [0.717, 1.165) is 22.7 Å². The molecule has 1 atom stereocenters. The van der Waals surface area contributed by atoms with Crippen LogP contribution in [0.4, 0.5) is 0 Å². The number of aromatic nitrogens is 2. The van der Waals surface area contributed by atoms with Crippen molar-refractivity contribution in [1.29, 1.82) is 0 Å². The number of hydrogen-bond donors (Lipinski definition) is 1. The fourth-order valence-corrected chi connectivity index (χ4v) is 2.93. The van der Waals surface area contributed by atoms with Crippen LogP contribution in [0.2, 0.25) is 0 Å². The highest BCUT2D eigenvalue weighted by Gasteiger charge is 2.28. The van der Waals surface area contributed by atoms with Crippen LogP contribution in [-0.4, -0.2) is 32.0 Å². The number of benzene rings is 1. The number of hydrogen-bond acceptors (Lipinski definition) is 5. The summed E-state index contributed by atoms with van der Waals surface area (Å²) in [5, 5.41) is 14.0. The summed E-state index contributed by atoms with van der Waals surface area (Å²) < 4.78 is 3.78. The van der Waals surface area contributed by atoms with Crippen LogP contribution in [0.5, 0.6) is 0 Å². The maximum absolute atomic E-state index is 12.4. The first kappa shape index (κ1) is 12.3. The Morgan fingerprint density at radius 1 is 1.47 bits per heavy atom. The van der Waals surface area contributed by atoms with Crippen LogP contribution in [0, 0.1) is 6.92 Å². The van der Waals surface area contributed by atoms with Gasteiger partial charge in [0.1, 0.15) is 4.88 Å². The Morgan fingerprint density at radius 2 is 2.26 bits per heavy atom. The van der Waals surface area contributed by atoms with Crippen LogP contribution in [0.15, 0.2) is 24.3 Å². The fraction of sp³-hybridized carbons (Fsp3) is 0.308. The van der Waals surface area contributed by atoms with Crippen LogP contribution >= 0.6 is 11.5 Å². The Hall–Kier alpha value is -1.79. The highest BCUT2D eigenvalue weighted by atomic mass is 32.1. The second-order valence-corrected chi connectivity index (χ2v) is 5.34. The topological polar surface area (TPSA) is 66.3 Å². The van der Waals surface area contributed by atoms with Gasteiger partial charge in [0.2, 0.25) is 0 Å². The Balaban J connectivity index is 1.89. The number of aliphatic hydroxyl groups excluding tert-OH is 1. The third-order valence-corrected chi connectivity index (χ3v) is 4.12. The molecule has 6 heteroatoms. The molecule has 1 aliphatic heterocycles. The van der Waals surface area contributed by atoms with Crippen molar-refractivity contribution in [1.82, 2.24) is 14.5 Å². The predicted molar refractivity (Wildman–Crippen MR) is 70.8 cm³/mol. The van der Waals surface area contributed by atoms with Crippen molar-refractivity contribution in [2.45, 2.75) is 19.6 Å². The van der Waals surface area contributed by atoms with E-state index in [0.29, 0.717) is 23.7 Å². The van der Waals surface area contributed by atoms with E-state index in [1.54, 1.807) is 11.8 Å². The summed E-state index contributed by atoms with van der Waals surface area (Å²) in [6.07, 6.45) is -0.630. The number of aryl methyl sites for hydroxylation is 1. The van der Waals surface area contributed by atoms with E-state index in [-0.39, 0.29) is 5.91 Å². The Morgan fingerprint density at radius 3 is 3.00 bits per heavy atom. The second kappa shape index (κ2) is 4.71. The highest BCUT2D eigenvalue weighted by molar-refractivity contribution is 7.07. The van der Waals surface area contributed by atoms with Crippen molar-refractivity contribution < 1.29 is 9.90 Å². The summed E-state index contributed by atoms with van der Waals surface area (Å²) in [4.78, 5) is 14.6. The molecule has 3 rings (SSSR count). The molecule has 1 aromatic carbocycles. The number of rotatable bonds is 1. The molecular formula is C13H13N3O2S. The van der Waals surface area contributed by atoms with Gasteiger partial charge in [0, 0.05) is 6.54 Å². The van der Waals surface area contributed by atoms with Gasteiger partial charge in [0.05, 0.1) is 18.3 Å². The first-order valence-electron chi connectivity index (χ1n) is 6.01. The van der Waals surface area contributed by atoms with Gasteiger partial charge >= 0.3 is 0 Å². The molecule has 0 radical (unpaired) electrons. The van der Waals surface area contributed by atoms with Crippen molar-refractivity contribution in [2.75, 3.05) is 6.54 Å². The smallest absolute Gasteiger partial charge is 0.267 e. The first-order valence-corrected chi connectivity index (χ1v) is 6.78. The summed E-state index contributed by atoms with van der Waals surface area (Å²) in [7, 11) is 0. The number of aliphatic hydroxyl groups is 1. The maximum atomic E-state index is 12.4. The minimum Gasteiger partial charge on any atom is -0.387 e. The molecule has 1 N–H and O–H groups in total. The number of fused-ring (bicyclic) bond motifs is 1. The molecule has 1 amide bonds. The van der Waals surface area contributed by atoms with Crippen LogP contribution in [0.25, 0.3) is 0 Å². The SMILES string of the molecule is Cc1nnsc1C(=O)N1Cc2ccccc2C(O)C1. The zero-order chi connectivity index (χ0) is 13.4. The van der Waals surface area contributed by atoms with E-state index in [1.165, 1.54) is 0 Å². The van der Waals surface area contributed by atoms with Gasteiger partial charge in [-0.25, -0.2) is 0 Å². The molecule has 0 saturated heterocycles. The van der Waals surface area contributed by atoms with E-state index in [4.69, 9.17) is 0 Å². The molecule has 0 fully saturated rings. The Labute approximate surface area is 114 Å². The van der Waals surface area contributed by atoms with Crippen molar-refractivity contribution in [3.05, 3.63) is 46.0 Å². The van der Waals surface area contributed by atoms with Crippen molar-refractivity contribution in [3.8, 4) is 0 Å². The average molecular weight is 275 g/mol. The summed E-state index contributed by atoms with van der Waals surface area (Å²) in [5.41, 5.74) is 2.54. The molecule has 19 heavy (non-hydrogen) atoms. The van der Waals surface area contributed by atoms with Crippen molar-refractivity contribution in [3.63, 3.8) is 0 Å². The number of carbonyl (C=O) groups excluding carboxylic acids is 1. The molecule has 1 unspecified atom stereocenters. The number of amides is 1. The zero-order valence-corrected chi connectivity index (χ0v) is 11.2. The third-order valence-electron chi connectivity index (χ3n) is 3.30. The lowest BCUT2D eigenvalue weighted by Gasteiger charge is -2.31. The van der Waals surface area contributed by atoms with Crippen LogP contribution in [-0.2, 0) is 6.54 Å². The quantitative estimate of drug-likeness (QED) is 0.857. The van der Waals surface area contributed by atoms with Gasteiger partial charge < -0.3 is 10.0 Å². The van der Waals surface area contributed by atoms with Gasteiger partial charge in [-0.05, 0) is 29.6 Å². The molecular weight excluding hydrogens is 262 g/mol. The van der Waals surface area contributed by atoms with E-state index >= 15 is 0 Å². The number of β-amino-alcohol motifs (C(OH)–C–C–N with tert-alkyl or cyclic N) is 1. The monoisotopic (exact) mass is 275 g/mol. The lowest BCUT2D eigenvalue weighted by atomic mass is 9.97. The van der Waals surface area contributed by atoms with E-state index in [9.17, 15) is 9.90 Å². The van der Waals surface area contributed by atoms with E-state index in [2.05, 4.69) is 9.59 Å². The Bertz CT molecular complexity index is 626. The normalized spacial score (nSPS) is 18.2. The fourth-order valence-electron chi connectivity index (χ4n) is 2.31. The van der Waals surface area contributed by atoms with Crippen LogP contribution in [0.1, 0.15) is 32.6 Å². The first-order chi connectivity index (χ1) is 9.16. The number of nitrogens with zero attached hydrogens (tertiary/aromatic N) is 3. The van der Waals surface area contributed by atoms with Crippen molar-refractivity contribution >= 4 is 17.4 Å². The second-order valence-electron chi connectivity index (χ2n) is 4.59. The van der Waals surface area contributed by atoms with Crippen LogP contribution in [0.3, 0.4) is 0 Å². The molecule has 2 aromatic rings. The molecule has 2 heterocycles. The molecule has 1 aliphatic rings. The summed E-state index contributed by atoms with van der Waals surface area (Å²) in [6.45, 7) is 2.60. The van der Waals surface area contributed by atoms with Crippen LogP contribution < -0.4 is 0 Å². The molecule has 0 saturated carbocycles. The standard InChI is InChI=1S/C13H13N3O2S/c1-8-12(19-15-14-8)13(18)16-6-9-4-2-3-5-10(9)11(17)7-16/h2-5,11,17H,6-7H2,1H3. The zero-order valence-electron chi connectivity index (χ0n) is 10.4. The third kappa shape index (κ3) is 2.13.